The van der Waals surface area contributed by atoms with E-state index in [1.54, 1.807) is 43.3 Å². The molecule has 0 aliphatic rings. The second-order valence-electron chi connectivity index (χ2n) is 5.88. The van der Waals surface area contributed by atoms with Crippen molar-refractivity contribution in [2.45, 2.75) is 30.9 Å². The second-order valence-corrected chi connectivity index (χ2v) is 7.60. The maximum atomic E-state index is 12.7. The number of aliphatic hydroxyl groups is 1. The molecule has 0 saturated heterocycles. The summed E-state index contributed by atoms with van der Waals surface area (Å²) in [5, 5.41) is 10.4. The fourth-order valence-electron chi connectivity index (χ4n) is 2.44. The van der Waals surface area contributed by atoms with Gasteiger partial charge in [-0.15, -0.1) is 0 Å². The highest BCUT2D eigenvalue weighted by atomic mass is 32.2. The quantitative estimate of drug-likeness (QED) is 0.665. The maximum Gasteiger partial charge on any atom is 0.336 e. The fourth-order valence-corrected chi connectivity index (χ4v) is 3.67. The number of methoxy groups -OCH3 is 1. The van der Waals surface area contributed by atoms with Crippen molar-refractivity contribution < 1.29 is 27.8 Å². The molecular formula is C19H23NO6S. The third-order valence-corrected chi connectivity index (χ3v) is 5.39. The summed E-state index contributed by atoms with van der Waals surface area (Å²) in [5.74, 6) is -0.352. The Bertz CT molecular complexity index is 862. The summed E-state index contributed by atoms with van der Waals surface area (Å²) in [6.07, 6.45) is -1.71. The van der Waals surface area contributed by atoms with E-state index in [0.717, 1.165) is 5.56 Å². The normalized spacial score (nSPS) is 13.6. The number of carbonyl (C=O) groups excluding carboxylic acids is 1. The van der Waals surface area contributed by atoms with Gasteiger partial charge in [0.25, 0.3) is 0 Å². The standard InChI is InChI=1S/C19H23NO6S/c1-4-26-19(22)18(21)17(14-7-9-15(25-3)10-8-14)20-27(23,24)16-11-5-13(2)6-12-16/h5-12,17-18,20-21H,4H2,1-3H3/t17-,18+/m0/s1. The van der Waals surface area contributed by atoms with Crippen LogP contribution < -0.4 is 9.46 Å². The van der Waals surface area contributed by atoms with Crippen LogP contribution in [-0.4, -0.2) is 39.3 Å². The molecule has 0 heterocycles. The van der Waals surface area contributed by atoms with Crippen LogP contribution in [0, 0.1) is 6.92 Å². The first-order valence-electron chi connectivity index (χ1n) is 8.36. The number of benzene rings is 2. The van der Waals surface area contributed by atoms with Gasteiger partial charge >= 0.3 is 5.97 Å². The molecule has 7 nitrogen and oxygen atoms in total. The predicted molar refractivity (Wildman–Crippen MR) is 99.9 cm³/mol. The van der Waals surface area contributed by atoms with Crippen molar-refractivity contribution in [1.82, 2.24) is 4.72 Å². The summed E-state index contributed by atoms with van der Waals surface area (Å²) in [6, 6.07) is 11.4. The van der Waals surface area contributed by atoms with Crippen LogP contribution in [0.3, 0.4) is 0 Å². The van der Waals surface area contributed by atoms with Crippen LogP contribution in [0.1, 0.15) is 24.1 Å². The fraction of sp³-hybridized carbons (Fsp3) is 0.316. The zero-order valence-electron chi connectivity index (χ0n) is 15.4. The van der Waals surface area contributed by atoms with Crippen molar-refractivity contribution in [3.05, 3.63) is 59.7 Å². The number of ether oxygens (including phenoxy) is 2. The van der Waals surface area contributed by atoms with Gasteiger partial charge in [-0.05, 0) is 43.7 Å². The highest BCUT2D eigenvalue weighted by Gasteiger charge is 2.33. The second kappa shape index (κ2) is 8.98. The molecule has 146 valence electrons. The third-order valence-electron chi connectivity index (χ3n) is 3.93. The molecule has 2 rings (SSSR count). The lowest BCUT2D eigenvalue weighted by Crippen LogP contribution is -2.41. The summed E-state index contributed by atoms with van der Waals surface area (Å²) >= 11 is 0. The van der Waals surface area contributed by atoms with Crippen LogP contribution in [-0.2, 0) is 19.6 Å². The monoisotopic (exact) mass is 393 g/mol. The first-order valence-corrected chi connectivity index (χ1v) is 9.84. The van der Waals surface area contributed by atoms with Gasteiger partial charge < -0.3 is 14.6 Å². The van der Waals surface area contributed by atoms with Gasteiger partial charge in [-0.1, -0.05) is 29.8 Å². The van der Waals surface area contributed by atoms with Gasteiger partial charge in [-0.25, -0.2) is 17.9 Å². The maximum absolute atomic E-state index is 12.7. The number of aliphatic hydroxyl groups excluding tert-OH is 1. The Balaban J connectivity index is 2.38. The molecule has 0 aliphatic heterocycles. The average Bonchev–Trinajstić information content (AvgIpc) is 2.66. The highest BCUT2D eigenvalue weighted by molar-refractivity contribution is 7.89. The molecule has 2 atom stereocenters. The van der Waals surface area contributed by atoms with Crippen molar-refractivity contribution >= 4 is 16.0 Å². The molecule has 0 amide bonds. The van der Waals surface area contributed by atoms with Crippen LogP contribution >= 0.6 is 0 Å². The third kappa shape index (κ3) is 5.29. The molecule has 0 aromatic heterocycles. The number of nitrogens with one attached hydrogen (secondary N) is 1. The summed E-state index contributed by atoms with van der Waals surface area (Å²) in [5.41, 5.74) is 1.30. The topological polar surface area (TPSA) is 102 Å². The lowest BCUT2D eigenvalue weighted by atomic mass is 10.0. The number of rotatable bonds is 8. The van der Waals surface area contributed by atoms with Gasteiger partial charge in [-0.2, -0.15) is 0 Å². The van der Waals surface area contributed by atoms with Crippen molar-refractivity contribution in [1.29, 1.82) is 0 Å². The number of aryl methyl sites for hydroxylation is 1. The van der Waals surface area contributed by atoms with E-state index in [0.29, 0.717) is 11.3 Å². The Hall–Kier alpha value is -2.42. The lowest BCUT2D eigenvalue weighted by Gasteiger charge is -2.23. The number of sulfonamides is 1. The smallest absolute Gasteiger partial charge is 0.336 e. The molecule has 2 N–H and O–H groups in total. The number of hydrogen-bond donors (Lipinski definition) is 2. The predicted octanol–water partition coefficient (Wildman–Crippen LogP) is 1.95. The van der Waals surface area contributed by atoms with E-state index >= 15 is 0 Å². The van der Waals surface area contributed by atoms with Crippen molar-refractivity contribution in [3.8, 4) is 5.75 Å². The Morgan fingerprint density at radius 1 is 1.11 bits per heavy atom. The van der Waals surface area contributed by atoms with Crippen molar-refractivity contribution in [3.63, 3.8) is 0 Å². The zero-order valence-corrected chi connectivity index (χ0v) is 16.2. The Kier molecular flexibility index (Phi) is 6.95. The SMILES string of the molecule is CCOC(=O)[C@H](O)[C@@H](NS(=O)(=O)c1ccc(C)cc1)c1ccc(OC)cc1. The van der Waals surface area contributed by atoms with Crippen LogP contribution in [0.15, 0.2) is 53.4 Å². The molecule has 27 heavy (non-hydrogen) atoms. The molecule has 0 spiro atoms. The van der Waals surface area contributed by atoms with Gasteiger partial charge in [0, 0.05) is 0 Å². The number of esters is 1. The molecule has 0 unspecified atom stereocenters. The Labute approximate surface area is 159 Å². The molecule has 0 aliphatic carbocycles. The minimum atomic E-state index is -3.98. The molecule has 8 heteroatoms. The number of hydrogen-bond acceptors (Lipinski definition) is 6. The van der Waals surface area contributed by atoms with E-state index in [-0.39, 0.29) is 11.5 Å². The molecule has 0 bridgehead atoms. The van der Waals surface area contributed by atoms with Crippen LogP contribution in [0.25, 0.3) is 0 Å². The van der Waals surface area contributed by atoms with Gasteiger partial charge in [0.05, 0.1) is 24.7 Å². The zero-order chi connectivity index (χ0) is 20.0. The molecule has 0 saturated carbocycles. The van der Waals surface area contributed by atoms with Gasteiger partial charge in [0.1, 0.15) is 5.75 Å². The van der Waals surface area contributed by atoms with Crippen LogP contribution in [0.2, 0.25) is 0 Å². The highest BCUT2D eigenvalue weighted by Crippen LogP contribution is 2.24. The summed E-state index contributed by atoms with van der Waals surface area (Å²) in [4.78, 5) is 12.0. The molecule has 2 aromatic rings. The lowest BCUT2D eigenvalue weighted by molar-refractivity contribution is -0.154. The van der Waals surface area contributed by atoms with Crippen LogP contribution in [0.4, 0.5) is 0 Å². The minimum Gasteiger partial charge on any atom is -0.497 e. The molecule has 0 radical (unpaired) electrons. The van der Waals surface area contributed by atoms with Gasteiger partial charge in [-0.3, -0.25) is 0 Å². The minimum absolute atomic E-state index is 0.0303. The van der Waals surface area contributed by atoms with E-state index in [4.69, 9.17) is 9.47 Å². The summed E-state index contributed by atoms with van der Waals surface area (Å²) < 4.78 is 37.8. The average molecular weight is 393 g/mol. The molecule has 0 fully saturated rings. The van der Waals surface area contributed by atoms with E-state index in [1.807, 2.05) is 6.92 Å². The molecule has 2 aromatic carbocycles. The Morgan fingerprint density at radius 3 is 2.22 bits per heavy atom. The van der Waals surface area contributed by atoms with Gasteiger partial charge in [0.15, 0.2) is 6.10 Å². The van der Waals surface area contributed by atoms with Gasteiger partial charge in [0.2, 0.25) is 10.0 Å². The van der Waals surface area contributed by atoms with E-state index in [9.17, 15) is 18.3 Å². The van der Waals surface area contributed by atoms with Crippen molar-refractivity contribution in [2.24, 2.45) is 0 Å². The largest absolute Gasteiger partial charge is 0.497 e. The number of carbonyl (C=O) groups is 1. The van der Waals surface area contributed by atoms with Crippen LogP contribution in [0.5, 0.6) is 5.75 Å². The first kappa shape index (κ1) is 20.9. The Morgan fingerprint density at radius 2 is 1.70 bits per heavy atom. The van der Waals surface area contributed by atoms with E-state index < -0.39 is 28.1 Å². The van der Waals surface area contributed by atoms with E-state index in [2.05, 4.69) is 4.72 Å². The van der Waals surface area contributed by atoms with Crippen molar-refractivity contribution in [2.75, 3.05) is 13.7 Å². The molecular weight excluding hydrogens is 370 g/mol. The first-order chi connectivity index (χ1) is 12.8. The summed E-state index contributed by atoms with van der Waals surface area (Å²) in [7, 11) is -2.48. The summed E-state index contributed by atoms with van der Waals surface area (Å²) in [6.45, 7) is 3.51. The van der Waals surface area contributed by atoms with E-state index in [1.165, 1.54) is 19.2 Å².